The predicted octanol–water partition coefficient (Wildman–Crippen LogP) is 1.43. The van der Waals surface area contributed by atoms with Crippen LogP contribution in [0.3, 0.4) is 0 Å². The van der Waals surface area contributed by atoms with E-state index in [9.17, 15) is 0 Å². The highest BCUT2D eigenvalue weighted by Crippen LogP contribution is 2.03. The summed E-state index contributed by atoms with van der Waals surface area (Å²) in [6, 6.07) is 0. The van der Waals surface area contributed by atoms with Gasteiger partial charge in [0.2, 0.25) is 0 Å². The van der Waals surface area contributed by atoms with Crippen LogP contribution in [0, 0.1) is 0 Å². The monoisotopic (exact) mass is 128 g/mol. The molecule has 0 rings (SSSR count). The number of hydrogen-bond acceptors (Lipinski definition) is 2. The predicted molar refractivity (Wildman–Crippen MR) is 36.7 cm³/mol. The van der Waals surface area contributed by atoms with E-state index in [1.807, 2.05) is 0 Å². The maximum absolute atomic E-state index is 8.77. The Kier molecular flexibility index (Phi) is 3.80. The molecule has 2 heteroatoms. The van der Waals surface area contributed by atoms with E-state index in [1.54, 1.807) is 6.92 Å². The van der Waals surface area contributed by atoms with Gasteiger partial charge >= 0.3 is 0 Å². The van der Waals surface area contributed by atoms with Crippen LogP contribution >= 0.6 is 0 Å². The molecular weight excluding hydrogens is 116 g/mol. The minimum Gasteiger partial charge on any atom is -0.471 e. The van der Waals surface area contributed by atoms with Gasteiger partial charge in [-0.05, 0) is 6.92 Å². The second-order valence-electron chi connectivity index (χ2n) is 1.88. The highest BCUT2D eigenvalue weighted by molar-refractivity contribution is 4.86. The van der Waals surface area contributed by atoms with E-state index in [-0.39, 0.29) is 0 Å². The molecule has 2 nitrogen and oxygen atoms in total. The van der Waals surface area contributed by atoms with Crippen molar-refractivity contribution in [1.29, 1.82) is 0 Å². The molecule has 0 aromatic carbocycles. The van der Waals surface area contributed by atoms with Crippen molar-refractivity contribution in [3.8, 4) is 0 Å². The summed E-state index contributed by atoms with van der Waals surface area (Å²) in [4.78, 5) is 0. The van der Waals surface area contributed by atoms with Crippen molar-refractivity contribution in [3.63, 3.8) is 0 Å². The molecule has 52 valence electrons. The zero-order chi connectivity index (χ0) is 7.28. The zero-order valence-corrected chi connectivity index (χ0v) is 5.63. The van der Waals surface area contributed by atoms with E-state index in [4.69, 9.17) is 9.84 Å². The van der Waals surface area contributed by atoms with Crippen LogP contribution in [0.2, 0.25) is 0 Å². The zero-order valence-electron chi connectivity index (χ0n) is 5.63. The number of rotatable bonds is 4. The van der Waals surface area contributed by atoms with E-state index < -0.39 is 6.10 Å². The molecule has 0 aliphatic rings. The molecule has 0 saturated carbocycles. The molecule has 0 radical (unpaired) electrons. The van der Waals surface area contributed by atoms with Gasteiger partial charge in [0.15, 0.2) is 0 Å². The maximum atomic E-state index is 8.77. The standard InChI is InChI=1S/C7H12O2/c1-4-9-7(3)5-6(2)8/h4,6,8H,1,3,5H2,2H3. The third-order valence-electron chi connectivity index (χ3n) is 0.773. The lowest BCUT2D eigenvalue weighted by Crippen LogP contribution is -2.00. The van der Waals surface area contributed by atoms with Crippen molar-refractivity contribution in [3.05, 3.63) is 25.2 Å². The molecule has 0 heterocycles. The van der Waals surface area contributed by atoms with Crippen LogP contribution in [0.4, 0.5) is 0 Å². The van der Waals surface area contributed by atoms with Gasteiger partial charge in [-0.25, -0.2) is 0 Å². The van der Waals surface area contributed by atoms with Crippen LogP contribution in [0.15, 0.2) is 25.2 Å². The fourth-order valence-electron chi connectivity index (χ4n) is 0.495. The number of aliphatic hydroxyl groups is 1. The topological polar surface area (TPSA) is 29.5 Å². The molecule has 1 atom stereocenters. The summed E-state index contributed by atoms with van der Waals surface area (Å²) in [6.07, 6.45) is 1.37. The molecule has 0 aromatic heterocycles. The summed E-state index contributed by atoms with van der Waals surface area (Å²) in [6.45, 7) is 8.55. The van der Waals surface area contributed by atoms with Gasteiger partial charge in [-0.15, -0.1) is 0 Å². The highest BCUT2D eigenvalue weighted by atomic mass is 16.5. The fraction of sp³-hybridized carbons (Fsp3) is 0.429. The second-order valence-corrected chi connectivity index (χ2v) is 1.88. The third-order valence-corrected chi connectivity index (χ3v) is 0.773. The smallest absolute Gasteiger partial charge is 0.0985 e. The van der Waals surface area contributed by atoms with Gasteiger partial charge < -0.3 is 9.84 Å². The SMILES string of the molecule is C=COC(=C)CC(C)O. The Labute approximate surface area is 55.5 Å². The summed E-state index contributed by atoms with van der Waals surface area (Å²) in [5, 5.41) is 8.77. The van der Waals surface area contributed by atoms with Crippen LogP contribution < -0.4 is 0 Å². The summed E-state index contributed by atoms with van der Waals surface area (Å²) in [5.74, 6) is 0.542. The van der Waals surface area contributed by atoms with Gasteiger partial charge in [0, 0.05) is 6.42 Å². The van der Waals surface area contributed by atoms with E-state index in [0.717, 1.165) is 0 Å². The minimum atomic E-state index is -0.391. The number of aliphatic hydroxyl groups excluding tert-OH is 1. The van der Waals surface area contributed by atoms with Crippen LogP contribution in [0.25, 0.3) is 0 Å². The molecule has 9 heavy (non-hydrogen) atoms. The Morgan fingerprint density at radius 1 is 1.89 bits per heavy atom. The average Bonchev–Trinajstić information content (AvgIpc) is 1.63. The summed E-state index contributed by atoms with van der Waals surface area (Å²) >= 11 is 0. The first-order valence-electron chi connectivity index (χ1n) is 2.80. The van der Waals surface area contributed by atoms with E-state index in [2.05, 4.69) is 13.2 Å². The highest BCUT2D eigenvalue weighted by Gasteiger charge is 1.97. The molecule has 0 aliphatic heterocycles. The molecule has 0 aromatic rings. The summed E-state index contributed by atoms with van der Waals surface area (Å²) < 4.78 is 4.76. The second kappa shape index (κ2) is 4.15. The van der Waals surface area contributed by atoms with Crippen molar-refractivity contribution in [2.75, 3.05) is 0 Å². The number of hydrogen-bond donors (Lipinski definition) is 1. The largest absolute Gasteiger partial charge is 0.471 e. The van der Waals surface area contributed by atoms with Gasteiger partial charge in [-0.2, -0.15) is 0 Å². The van der Waals surface area contributed by atoms with Crippen molar-refractivity contribution in [1.82, 2.24) is 0 Å². The van der Waals surface area contributed by atoms with Crippen molar-refractivity contribution in [2.45, 2.75) is 19.4 Å². The van der Waals surface area contributed by atoms with Crippen molar-refractivity contribution >= 4 is 0 Å². The molecule has 0 fully saturated rings. The molecule has 0 saturated heterocycles. The van der Waals surface area contributed by atoms with Gasteiger partial charge in [0.1, 0.15) is 0 Å². The molecule has 0 amide bonds. The quantitative estimate of drug-likeness (QED) is 0.580. The Morgan fingerprint density at radius 3 is 2.78 bits per heavy atom. The lowest BCUT2D eigenvalue weighted by Gasteiger charge is -2.04. The molecule has 0 aliphatic carbocycles. The molecule has 0 bridgehead atoms. The molecule has 1 unspecified atom stereocenters. The Bertz CT molecular complexity index is 105. The first-order valence-corrected chi connectivity index (χ1v) is 2.80. The van der Waals surface area contributed by atoms with Crippen molar-refractivity contribution < 1.29 is 9.84 Å². The first kappa shape index (κ1) is 8.24. The summed E-state index contributed by atoms with van der Waals surface area (Å²) in [5.41, 5.74) is 0. The van der Waals surface area contributed by atoms with E-state index >= 15 is 0 Å². The van der Waals surface area contributed by atoms with Crippen LogP contribution in [-0.4, -0.2) is 11.2 Å². The van der Waals surface area contributed by atoms with E-state index in [1.165, 1.54) is 6.26 Å². The molecule has 0 spiro atoms. The average molecular weight is 128 g/mol. The minimum absolute atomic E-state index is 0.391. The fourth-order valence-corrected chi connectivity index (χ4v) is 0.495. The van der Waals surface area contributed by atoms with E-state index in [0.29, 0.717) is 12.2 Å². The lowest BCUT2D eigenvalue weighted by molar-refractivity contribution is 0.173. The van der Waals surface area contributed by atoms with Gasteiger partial charge in [-0.3, -0.25) is 0 Å². The summed E-state index contributed by atoms with van der Waals surface area (Å²) in [7, 11) is 0. The maximum Gasteiger partial charge on any atom is 0.0985 e. The van der Waals surface area contributed by atoms with Gasteiger partial charge in [0.25, 0.3) is 0 Å². The van der Waals surface area contributed by atoms with Crippen LogP contribution in [0.5, 0.6) is 0 Å². The van der Waals surface area contributed by atoms with Crippen LogP contribution in [-0.2, 0) is 4.74 Å². The first-order chi connectivity index (χ1) is 4.16. The Morgan fingerprint density at radius 2 is 2.44 bits per heavy atom. The Balaban J connectivity index is 3.38. The third kappa shape index (κ3) is 5.11. The molecule has 1 N–H and O–H groups in total. The normalized spacial score (nSPS) is 12.2. The Hall–Kier alpha value is -0.760. The van der Waals surface area contributed by atoms with Gasteiger partial charge in [-0.1, -0.05) is 13.2 Å². The van der Waals surface area contributed by atoms with Crippen molar-refractivity contribution in [2.24, 2.45) is 0 Å². The number of ether oxygens (including phenoxy) is 1. The molecular formula is C7H12O2. The lowest BCUT2D eigenvalue weighted by atomic mass is 10.3. The van der Waals surface area contributed by atoms with Crippen LogP contribution in [0.1, 0.15) is 13.3 Å². The van der Waals surface area contributed by atoms with Gasteiger partial charge in [0.05, 0.1) is 18.1 Å².